The van der Waals surface area contributed by atoms with Gasteiger partial charge in [0.25, 0.3) is 11.5 Å². The van der Waals surface area contributed by atoms with Gasteiger partial charge in [0.1, 0.15) is 5.82 Å². The molecule has 25 heavy (non-hydrogen) atoms. The lowest BCUT2D eigenvalue weighted by atomic mass is 10.2. The maximum atomic E-state index is 12.8. The number of alkyl halides is 2. The minimum atomic E-state index is -2.81. The number of rotatable bonds is 4. The number of fused-ring (bicyclic) bond motifs is 1. The number of carbonyl (C=O) groups excluding carboxylic acids is 1. The van der Waals surface area contributed by atoms with Gasteiger partial charge in [-0.25, -0.2) is 9.67 Å². The lowest BCUT2D eigenvalue weighted by Crippen LogP contribution is -2.28. The number of benzene rings is 1. The van der Waals surface area contributed by atoms with Crippen LogP contribution in [0.5, 0.6) is 0 Å². The molecule has 1 amide bonds. The van der Waals surface area contributed by atoms with Crippen molar-refractivity contribution >= 4 is 16.8 Å². The molecule has 0 saturated heterocycles. The third-order valence-corrected chi connectivity index (χ3v) is 3.72. The minimum Gasteiger partial charge on any atom is -0.333 e. The van der Waals surface area contributed by atoms with Crippen LogP contribution < -0.4 is 5.56 Å². The van der Waals surface area contributed by atoms with E-state index in [0.717, 1.165) is 0 Å². The van der Waals surface area contributed by atoms with Crippen molar-refractivity contribution in [1.82, 2.24) is 24.6 Å². The smallest absolute Gasteiger partial charge is 0.333 e. The average molecular weight is 347 g/mol. The first-order valence-corrected chi connectivity index (χ1v) is 7.44. The predicted octanol–water partition coefficient (Wildman–Crippen LogP) is 2.10. The van der Waals surface area contributed by atoms with Crippen molar-refractivity contribution in [2.45, 2.75) is 20.0 Å². The average Bonchev–Trinajstić information content (AvgIpc) is 2.96. The van der Waals surface area contributed by atoms with E-state index < -0.39 is 12.5 Å². The van der Waals surface area contributed by atoms with Crippen LogP contribution in [0.15, 0.2) is 35.1 Å². The van der Waals surface area contributed by atoms with E-state index in [1.165, 1.54) is 24.9 Å². The lowest BCUT2D eigenvalue weighted by Gasteiger charge is -2.15. The van der Waals surface area contributed by atoms with Crippen molar-refractivity contribution in [3.05, 3.63) is 57.9 Å². The summed E-state index contributed by atoms with van der Waals surface area (Å²) in [4.78, 5) is 32.6. The Hall–Kier alpha value is -3.10. The number of para-hydroxylation sites is 1. The first-order valence-electron chi connectivity index (χ1n) is 7.44. The van der Waals surface area contributed by atoms with Crippen LogP contribution in [-0.2, 0) is 6.54 Å². The molecule has 0 fully saturated rings. The first kappa shape index (κ1) is 16.7. The number of aryl methyl sites for hydroxylation is 1. The molecule has 9 heteroatoms. The molecule has 3 rings (SSSR count). The van der Waals surface area contributed by atoms with Crippen molar-refractivity contribution in [3.63, 3.8) is 0 Å². The summed E-state index contributed by atoms with van der Waals surface area (Å²) in [6.45, 7) is -1.36. The first-order chi connectivity index (χ1) is 11.9. The molecule has 0 atom stereocenters. The zero-order valence-corrected chi connectivity index (χ0v) is 13.5. The number of amides is 1. The molecule has 0 aliphatic heterocycles. The molecule has 1 N–H and O–H groups in total. The molecule has 2 aromatic heterocycles. The Morgan fingerprint density at radius 1 is 1.36 bits per heavy atom. The van der Waals surface area contributed by atoms with E-state index >= 15 is 0 Å². The Morgan fingerprint density at radius 2 is 2.08 bits per heavy atom. The molecular weight excluding hydrogens is 332 g/mol. The second kappa shape index (κ2) is 6.42. The summed E-state index contributed by atoms with van der Waals surface area (Å²) < 4.78 is 26.0. The number of halogens is 2. The highest BCUT2D eigenvalue weighted by Crippen LogP contribution is 2.15. The highest BCUT2D eigenvalue weighted by Gasteiger charge is 2.20. The summed E-state index contributed by atoms with van der Waals surface area (Å²) in [6.07, 6.45) is 0. The molecule has 0 radical (unpaired) electrons. The Labute approximate surface area is 140 Å². The van der Waals surface area contributed by atoms with E-state index in [2.05, 4.69) is 15.1 Å². The van der Waals surface area contributed by atoms with Gasteiger partial charge in [0.2, 0.25) is 0 Å². The zero-order valence-electron chi connectivity index (χ0n) is 13.5. The largest absolute Gasteiger partial charge is 0.333 e. The molecule has 0 aliphatic rings. The molecule has 0 aliphatic carbocycles. The quantitative estimate of drug-likeness (QED) is 0.783. The van der Waals surface area contributed by atoms with Crippen molar-refractivity contribution in [3.8, 4) is 0 Å². The Balaban J connectivity index is 1.84. The van der Waals surface area contributed by atoms with Crippen LogP contribution in [-0.4, -0.2) is 37.6 Å². The van der Waals surface area contributed by atoms with Crippen molar-refractivity contribution in [2.24, 2.45) is 0 Å². The maximum absolute atomic E-state index is 12.8. The standard InChI is InChI=1S/C16H15F2N5O2/c1-9-7-12(21-23(9)16(17)18)15(25)22(2)8-13-19-11-6-4-3-5-10(11)14(24)20-13/h3-7,16H,8H2,1-2H3,(H,19,20,24). The van der Waals surface area contributed by atoms with Gasteiger partial charge in [-0.1, -0.05) is 12.1 Å². The summed E-state index contributed by atoms with van der Waals surface area (Å²) >= 11 is 0. The Bertz CT molecular complexity index is 996. The number of aromatic amines is 1. The van der Waals surface area contributed by atoms with Crippen molar-refractivity contribution < 1.29 is 13.6 Å². The van der Waals surface area contributed by atoms with Gasteiger partial charge in [0.05, 0.1) is 17.4 Å². The number of nitrogens with zero attached hydrogens (tertiary/aromatic N) is 4. The van der Waals surface area contributed by atoms with Gasteiger partial charge in [-0.2, -0.15) is 13.9 Å². The monoisotopic (exact) mass is 347 g/mol. The van der Waals surface area contributed by atoms with Gasteiger partial charge >= 0.3 is 6.55 Å². The number of aromatic nitrogens is 4. The van der Waals surface area contributed by atoms with Crippen LogP contribution in [0, 0.1) is 6.92 Å². The molecule has 0 bridgehead atoms. The van der Waals surface area contributed by atoms with Crippen LogP contribution in [0.1, 0.15) is 28.6 Å². The van der Waals surface area contributed by atoms with E-state index in [-0.39, 0.29) is 23.5 Å². The molecule has 3 aromatic rings. The second-order valence-electron chi connectivity index (χ2n) is 5.58. The third-order valence-electron chi connectivity index (χ3n) is 3.72. The highest BCUT2D eigenvalue weighted by molar-refractivity contribution is 5.92. The van der Waals surface area contributed by atoms with Gasteiger partial charge in [-0.05, 0) is 25.1 Å². The van der Waals surface area contributed by atoms with Crippen LogP contribution in [0.25, 0.3) is 10.9 Å². The van der Waals surface area contributed by atoms with E-state index in [1.54, 1.807) is 24.3 Å². The fraction of sp³-hybridized carbons (Fsp3) is 0.250. The zero-order chi connectivity index (χ0) is 18.1. The summed E-state index contributed by atoms with van der Waals surface area (Å²) in [5.41, 5.74) is 0.298. The van der Waals surface area contributed by atoms with Gasteiger partial charge in [-0.3, -0.25) is 9.59 Å². The summed E-state index contributed by atoms with van der Waals surface area (Å²) in [6, 6.07) is 8.13. The molecule has 0 spiro atoms. The number of hydrogen-bond acceptors (Lipinski definition) is 4. The minimum absolute atomic E-state index is 0.0134. The third kappa shape index (κ3) is 3.25. The number of hydrogen-bond donors (Lipinski definition) is 1. The Morgan fingerprint density at radius 3 is 2.76 bits per heavy atom. The highest BCUT2D eigenvalue weighted by atomic mass is 19.3. The fourth-order valence-electron chi connectivity index (χ4n) is 2.49. The van der Waals surface area contributed by atoms with E-state index in [4.69, 9.17) is 0 Å². The molecular formula is C16H15F2N5O2. The predicted molar refractivity (Wildman–Crippen MR) is 86.4 cm³/mol. The molecule has 130 valence electrons. The SMILES string of the molecule is Cc1cc(C(=O)N(C)Cc2nc3ccccc3c(=O)[nH]2)nn1C(F)F. The fourth-order valence-corrected chi connectivity index (χ4v) is 2.49. The molecule has 0 unspecified atom stereocenters. The van der Waals surface area contributed by atoms with E-state index in [0.29, 0.717) is 21.4 Å². The molecule has 1 aromatic carbocycles. The van der Waals surface area contributed by atoms with Crippen LogP contribution in [0.2, 0.25) is 0 Å². The molecule has 7 nitrogen and oxygen atoms in total. The van der Waals surface area contributed by atoms with E-state index in [1.807, 2.05) is 0 Å². The van der Waals surface area contributed by atoms with E-state index in [9.17, 15) is 18.4 Å². The maximum Gasteiger partial charge on any atom is 0.333 e. The molecule has 0 saturated carbocycles. The topological polar surface area (TPSA) is 83.9 Å². The van der Waals surface area contributed by atoms with Gasteiger partial charge < -0.3 is 9.88 Å². The van der Waals surface area contributed by atoms with Gasteiger partial charge in [-0.15, -0.1) is 0 Å². The number of carbonyl (C=O) groups is 1. The van der Waals surface area contributed by atoms with Crippen LogP contribution >= 0.6 is 0 Å². The number of H-pyrrole nitrogens is 1. The second-order valence-corrected chi connectivity index (χ2v) is 5.58. The summed E-state index contributed by atoms with van der Waals surface area (Å²) in [5, 5.41) is 4.07. The Kier molecular flexibility index (Phi) is 4.30. The van der Waals surface area contributed by atoms with Crippen LogP contribution in [0.3, 0.4) is 0 Å². The van der Waals surface area contributed by atoms with Crippen molar-refractivity contribution in [1.29, 1.82) is 0 Å². The van der Waals surface area contributed by atoms with Crippen LogP contribution in [0.4, 0.5) is 8.78 Å². The normalized spacial score (nSPS) is 11.2. The summed E-state index contributed by atoms with van der Waals surface area (Å²) in [7, 11) is 1.48. The van der Waals surface area contributed by atoms with Gasteiger partial charge in [0, 0.05) is 12.7 Å². The number of nitrogens with one attached hydrogen (secondary N) is 1. The summed E-state index contributed by atoms with van der Waals surface area (Å²) in [5.74, 6) is -0.247. The van der Waals surface area contributed by atoms with Crippen molar-refractivity contribution in [2.75, 3.05) is 7.05 Å². The molecule has 2 heterocycles. The van der Waals surface area contributed by atoms with Gasteiger partial charge in [0.15, 0.2) is 5.69 Å². The lowest BCUT2D eigenvalue weighted by molar-refractivity contribution is 0.0532.